The van der Waals surface area contributed by atoms with E-state index >= 15 is 0 Å². The van der Waals surface area contributed by atoms with Gasteiger partial charge in [-0.1, -0.05) is 18.2 Å². The highest BCUT2D eigenvalue weighted by molar-refractivity contribution is 7.91. The van der Waals surface area contributed by atoms with Gasteiger partial charge in [0, 0.05) is 13.1 Å². The summed E-state index contributed by atoms with van der Waals surface area (Å²) in [5, 5.41) is 9.13. The molecule has 0 unspecified atom stereocenters. The van der Waals surface area contributed by atoms with Crippen molar-refractivity contribution in [1.29, 1.82) is 0 Å². The summed E-state index contributed by atoms with van der Waals surface area (Å²) in [4.78, 5) is 5.15. The van der Waals surface area contributed by atoms with Gasteiger partial charge in [-0.25, -0.2) is 8.42 Å². The van der Waals surface area contributed by atoms with Gasteiger partial charge in [0.15, 0.2) is 0 Å². The molecule has 0 bridgehead atoms. The van der Waals surface area contributed by atoms with Gasteiger partial charge >= 0.3 is 0 Å². The third kappa shape index (κ3) is 4.15. The lowest BCUT2D eigenvalue weighted by atomic mass is 10.0. The molecule has 0 spiro atoms. The molecule has 1 heterocycles. The topological polar surface area (TPSA) is 60.9 Å². The van der Waals surface area contributed by atoms with E-state index in [0.717, 1.165) is 38.2 Å². The average Bonchev–Trinajstić information content (AvgIpc) is 2.83. The van der Waals surface area contributed by atoms with E-state index in [1.165, 1.54) is 5.56 Å². The highest BCUT2D eigenvalue weighted by Gasteiger charge is 2.21. The largest absolute Gasteiger partial charge is 0.392 e. The van der Waals surface area contributed by atoms with Crippen LogP contribution >= 0.6 is 0 Å². The maximum absolute atomic E-state index is 12.9. The van der Waals surface area contributed by atoms with Crippen LogP contribution in [0.15, 0.2) is 52.3 Å². The van der Waals surface area contributed by atoms with Crippen molar-refractivity contribution in [1.82, 2.24) is 9.80 Å². The van der Waals surface area contributed by atoms with Crippen molar-refractivity contribution in [2.75, 3.05) is 33.9 Å². The number of rotatable bonds is 5. The minimum absolute atomic E-state index is 0.0946. The van der Waals surface area contributed by atoms with Crippen molar-refractivity contribution in [2.24, 2.45) is 0 Å². The summed E-state index contributed by atoms with van der Waals surface area (Å²) in [6.45, 7) is 2.73. The lowest BCUT2D eigenvalue weighted by molar-refractivity contribution is 0.183. The molecule has 0 atom stereocenters. The molecule has 0 fully saturated rings. The molecule has 140 valence electrons. The second-order valence-electron chi connectivity index (χ2n) is 7.08. The number of fused-ring (bicyclic) bond motifs is 1. The lowest BCUT2D eigenvalue weighted by Crippen LogP contribution is -2.35. The van der Waals surface area contributed by atoms with Crippen LogP contribution in [0.1, 0.15) is 16.7 Å². The van der Waals surface area contributed by atoms with Crippen LogP contribution in [0.3, 0.4) is 0 Å². The van der Waals surface area contributed by atoms with E-state index < -0.39 is 9.84 Å². The van der Waals surface area contributed by atoms with Gasteiger partial charge in [-0.3, -0.25) is 9.80 Å². The Morgan fingerprint density at radius 1 is 0.962 bits per heavy atom. The zero-order chi connectivity index (χ0) is 18.7. The van der Waals surface area contributed by atoms with Crippen LogP contribution in [0.4, 0.5) is 0 Å². The standard InChI is InChI=1S/C20H26N2O3S/c1-21(2)15-22-11-9-17-5-8-20(13-18(17)10-12-22)26(24,25)19-6-3-16(14-23)4-7-19/h3-8,13,23H,9-12,14-15H2,1-2H3. The van der Waals surface area contributed by atoms with E-state index in [0.29, 0.717) is 10.5 Å². The Kier molecular flexibility index (Phi) is 5.77. The molecule has 6 heteroatoms. The molecular weight excluding hydrogens is 348 g/mol. The normalized spacial score (nSPS) is 15.7. The van der Waals surface area contributed by atoms with Crippen LogP contribution in [-0.4, -0.2) is 57.2 Å². The van der Waals surface area contributed by atoms with Crippen molar-refractivity contribution in [3.05, 3.63) is 59.2 Å². The van der Waals surface area contributed by atoms with Crippen LogP contribution in [0.2, 0.25) is 0 Å². The minimum atomic E-state index is -3.55. The number of hydrogen-bond acceptors (Lipinski definition) is 5. The first kappa shape index (κ1) is 19.0. The Morgan fingerprint density at radius 3 is 2.19 bits per heavy atom. The van der Waals surface area contributed by atoms with Crippen LogP contribution < -0.4 is 0 Å². The summed E-state index contributed by atoms with van der Waals surface area (Å²) in [6, 6.07) is 11.9. The minimum Gasteiger partial charge on any atom is -0.392 e. The number of aliphatic hydroxyl groups excluding tert-OH is 1. The smallest absolute Gasteiger partial charge is 0.206 e. The first-order valence-electron chi connectivity index (χ1n) is 8.84. The molecule has 2 aromatic carbocycles. The van der Waals surface area contributed by atoms with Crippen molar-refractivity contribution in [2.45, 2.75) is 29.2 Å². The Morgan fingerprint density at radius 2 is 1.58 bits per heavy atom. The first-order valence-corrected chi connectivity index (χ1v) is 10.3. The molecule has 26 heavy (non-hydrogen) atoms. The zero-order valence-electron chi connectivity index (χ0n) is 15.4. The number of hydrogen-bond donors (Lipinski definition) is 1. The molecule has 1 aliphatic rings. The highest BCUT2D eigenvalue weighted by atomic mass is 32.2. The molecule has 1 N–H and O–H groups in total. The van der Waals surface area contributed by atoms with E-state index in [2.05, 4.69) is 23.9 Å². The Labute approximate surface area is 155 Å². The van der Waals surface area contributed by atoms with Crippen molar-refractivity contribution in [3.8, 4) is 0 Å². The molecule has 5 nitrogen and oxygen atoms in total. The van der Waals surface area contributed by atoms with Crippen LogP contribution in [0, 0.1) is 0 Å². The third-order valence-corrected chi connectivity index (χ3v) is 6.55. The molecule has 3 rings (SSSR count). The first-order chi connectivity index (χ1) is 12.4. The maximum Gasteiger partial charge on any atom is 0.206 e. The molecule has 1 aliphatic heterocycles. The van der Waals surface area contributed by atoms with Gasteiger partial charge in [-0.05, 0) is 67.9 Å². The van der Waals surface area contributed by atoms with E-state index in [9.17, 15) is 8.42 Å². The summed E-state index contributed by atoms with van der Waals surface area (Å²) in [5.74, 6) is 0. The SMILES string of the molecule is CN(C)CN1CCc2ccc(S(=O)(=O)c3ccc(CO)cc3)cc2CC1. The number of sulfone groups is 1. The Balaban J connectivity index is 1.86. The summed E-state index contributed by atoms with van der Waals surface area (Å²) < 4.78 is 25.9. The van der Waals surface area contributed by atoms with Gasteiger partial charge in [0.1, 0.15) is 0 Å². The van der Waals surface area contributed by atoms with E-state index in [-0.39, 0.29) is 11.5 Å². The summed E-state index contributed by atoms with van der Waals surface area (Å²) >= 11 is 0. The van der Waals surface area contributed by atoms with Crippen molar-refractivity contribution < 1.29 is 13.5 Å². The van der Waals surface area contributed by atoms with Gasteiger partial charge in [-0.2, -0.15) is 0 Å². The molecular formula is C20H26N2O3S. The van der Waals surface area contributed by atoms with Crippen LogP contribution in [-0.2, 0) is 29.3 Å². The van der Waals surface area contributed by atoms with E-state index in [1.54, 1.807) is 30.3 Å². The summed E-state index contributed by atoms with van der Waals surface area (Å²) in [7, 11) is 0.575. The molecule has 0 radical (unpaired) electrons. The van der Waals surface area contributed by atoms with Gasteiger partial charge < -0.3 is 5.11 Å². The third-order valence-electron chi connectivity index (χ3n) is 4.78. The molecule has 0 saturated heterocycles. The number of nitrogens with zero attached hydrogens (tertiary/aromatic N) is 2. The lowest BCUT2D eigenvalue weighted by Gasteiger charge is -2.23. The van der Waals surface area contributed by atoms with E-state index in [1.807, 2.05) is 12.1 Å². The molecule has 0 aromatic heterocycles. The Hall–Kier alpha value is -1.73. The number of aliphatic hydroxyl groups is 1. The Bertz CT molecular complexity index is 861. The highest BCUT2D eigenvalue weighted by Crippen LogP contribution is 2.25. The maximum atomic E-state index is 12.9. The predicted octanol–water partition coefficient (Wildman–Crippen LogP) is 1.93. The van der Waals surface area contributed by atoms with Gasteiger partial charge in [-0.15, -0.1) is 0 Å². The molecule has 2 aromatic rings. The van der Waals surface area contributed by atoms with Gasteiger partial charge in [0.05, 0.1) is 23.1 Å². The van der Waals surface area contributed by atoms with Crippen LogP contribution in [0.25, 0.3) is 0 Å². The monoisotopic (exact) mass is 374 g/mol. The molecule has 0 saturated carbocycles. The average molecular weight is 375 g/mol. The quantitative estimate of drug-likeness (QED) is 0.867. The second kappa shape index (κ2) is 7.88. The fourth-order valence-corrected chi connectivity index (χ4v) is 4.68. The fourth-order valence-electron chi connectivity index (χ4n) is 3.37. The number of benzene rings is 2. The fraction of sp³-hybridized carbons (Fsp3) is 0.400. The predicted molar refractivity (Wildman–Crippen MR) is 102 cm³/mol. The van der Waals surface area contributed by atoms with Gasteiger partial charge in [0.25, 0.3) is 0 Å². The summed E-state index contributed by atoms with van der Waals surface area (Å²) in [5.41, 5.74) is 3.06. The molecule has 0 amide bonds. The van der Waals surface area contributed by atoms with E-state index in [4.69, 9.17) is 5.11 Å². The van der Waals surface area contributed by atoms with Crippen LogP contribution in [0.5, 0.6) is 0 Å². The molecule has 0 aliphatic carbocycles. The van der Waals surface area contributed by atoms with Crippen molar-refractivity contribution in [3.63, 3.8) is 0 Å². The summed E-state index contributed by atoms with van der Waals surface area (Å²) in [6.07, 6.45) is 1.80. The van der Waals surface area contributed by atoms with Crippen molar-refractivity contribution >= 4 is 9.84 Å². The zero-order valence-corrected chi connectivity index (χ0v) is 16.2. The second-order valence-corrected chi connectivity index (χ2v) is 9.02. The van der Waals surface area contributed by atoms with Gasteiger partial charge in [0.2, 0.25) is 9.84 Å².